The Kier molecular flexibility index (Phi) is 4.67. The molecule has 0 radical (unpaired) electrons. The first kappa shape index (κ1) is 12.9. The Morgan fingerprint density at radius 2 is 2.19 bits per heavy atom. The molecule has 0 fully saturated rings. The number of amides is 1. The van der Waals surface area contributed by atoms with E-state index in [0.29, 0.717) is 16.7 Å². The minimum atomic E-state index is -0.0316. The predicted octanol–water partition coefficient (Wildman–Crippen LogP) is 1.84. The summed E-state index contributed by atoms with van der Waals surface area (Å²) < 4.78 is 0. The van der Waals surface area contributed by atoms with Gasteiger partial charge in [0.1, 0.15) is 0 Å². The van der Waals surface area contributed by atoms with E-state index in [1.165, 1.54) is 11.3 Å². The molecular formula is C10H18N4OS. The van der Waals surface area contributed by atoms with Crippen molar-refractivity contribution < 1.29 is 4.79 Å². The monoisotopic (exact) mass is 242 g/mol. The molecule has 0 aromatic carbocycles. The van der Waals surface area contributed by atoms with Gasteiger partial charge in [0.05, 0.1) is 0 Å². The van der Waals surface area contributed by atoms with E-state index in [1.54, 1.807) is 7.05 Å². The second-order valence-corrected chi connectivity index (χ2v) is 4.49. The molecule has 1 N–H and O–H groups in total. The van der Waals surface area contributed by atoms with Gasteiger partial charge in [0, 0.05) is 19.6 Å². The Labute approximate surface area is 99.9 Å². The average Bonchev–Trinajstić information content (AvgIpc) is 2.78. The molecule has 1 aromatic heterocycles. The molecule has 6 heteroatoms. The zero-order valence-electron chi connectivity index (χ0n) is 10.1. The number of hydrogen-bond donors (Lipinski definition) is 1. The summed E-state index contributed by atoms with van der Waals surface area (Å²) in [6, 6.07) is 0.236. The fourth-order valence-electron chi connectivity index (χ4n) is 1.41. The number of nitrogens with one attached hydrogen (secondary N) is 1. The summed E-state index contributed by atoms with van der Waals surface area (Å²) in [5, 5.41) is 11.8. The number of anilines is 1. The third-order valence-corrected chi connectivity index (χ3v) is 3.47. The number of hydrogen-bond acceptors (Lipinski definition) is 5. The third-order valence-electron chi connectivity index (χ3n) is 2.55. The maximum absolute atomic E-state index is 12.1. The Morgan fingerprint density at radius 3 is 2.62 bits per heavy atom. The van der Waals surface area contributed by atoms with Crippen LogP contribution in [0.5, 0.6) is 0 Å². The summed E-state index contributed by atoms with van der Waals surface area (Å²) >= 11 is 1.29. The normalized spacial score (nSPS) is 12.2. The van der Waals surface area contributed by atoms with Gasteiger partial charge in [0.15, 0.2) is 0 Å². The van der Waals surface area contributed by atoms with Gasteiger partial charge in [-0.05, 0) is 20.3 Å². The van der Waals surface area contributed by atoms with Gasteiger partial charge in [-0.15, -0.1) is 10.2 Å². The molecule has 1 atom stereocenters. The van der Waals surface area contributed by atoms with Gasteiger partial charge in [-0.25, -0.2) is 0 Å². The van der Waals surface area contributed by atoms with E-state index in [9.17, 15) is 4.79 Å². The molecule has 0 bridgehead atoms. The largest absolute Gasteiger partial charge is 0.363 e. The molecule has 0 aliphatic rings. The number of rotatable bonds is 5. The first-order valence-corrected chi connectivity index (χ1v) is 6.27. The highest BCUT2D eigenvalue weighted by Crippen LogP contribution is 2.17. The van der Waals surface area contributed by atoms with E-state index in [-0.39, 0.29) is 11.9 Å². The average molecular weight is 242 g/mol. The molecule has 90 valence electrons. The molecule has 0 aliphatic heterocycles. The summed E-state index contributed by atoms with van der Waals surface area (Å²) in [6.07, 6.45) is 0.942. The molecule has 1 unspecified atom stereocenters. The van der Waals surface area contributed by atoms with Crippen molar-refractivity contribution in [3.63, 3.8) is 0 Å². The summed E-state index contributed by atoms with van der Waals surface area (Å²) in [6.45, 7) is 6.79. The lowest BCUT2D eigenvalue weighted by atomic mass is 10.2. The van der Waals surface area contributed by atoms with Crippen molar-refractivity contribution in [3.05, 3.63) is 5.01 Å². The van der Waals surface area contributed by atoms with Crippen molar-refractivity contribution in [3.8, 4) is 0 Å². The van der Waals surface area contributed by atoms with Crippen LogP contribution in [0.4, 0.5) is 5.13 Å². The number of carbonyl (C=O) groups excluding carboxylic acids is 1. The maximum atomic E-state index is 12.1. The highest BCUT2D eigenvalue weighted by Gasteiger charge is 2.22. The van der Waals surface area contributed by atoms with Gasteiger partial charge < -0.3 is 10.2 Å². The topological polar surface area (TPSA) is 58.1 Å². The highest BCUT2D eigenvalue weighted by atomic mass is 32.1. The number of nitrogens with zero attached hydrogens (tertiary/aromatic N) is 3. The molecule has 1 amide bonds. The minimum Gasteiger partial charge on any atom is -0.363 e. The molecule has 0 aliphatic carbocycles. The summed E-state index contributed by atoms with van der Waals surface area (Å²) in [5.74, 6) is -0.0316. The lowest BCUT2D eigenvalue weighted by Crippen LogP contribution is -2.38. The van der Waals surface area contributed by atoms with E-state index < -0.39 is 0 Å². The van der Waals surface area contributed by atoms with Crippen LogP contribution >= 0.6 is 11.3 Å². The zero-order chi connectivity index (χ0) is 12.1. The van der Waals surface area contributed by atoms with Crippen LogP contribution in [0.1, 0.15) is 37.0 Å². The molecule has 0 saturated carbocycles. The standard InChI is InChI=1S/C10H18N4OS/c1-5-7(3)14(6-2)9(15)8-12-13-10(11-4)16-8/h7H,5-6H2,1-4H3,(H,11,13). The van der Waals surface area contributed by atoms with Crippen molar-refractivity contribution >= 4 is 22.4 Å². The van der Waals surface area contributed by atoms with E-state index in [1.807, 2.05) is 18.7 Å². The fourth-order valence-corrected chi connectivity index (χ4v) is 2.06. The van der Waals surface area contributed by atoms with Crippen molar-refractivity contribution in [2.24, 2.45) is 0 Å². The molecule has 0 saturated heterocycles. The summed E-state index contributed by atoms with van der Waals surface area (Å²) in [4.78, 5) is 13.9. The Morgan fingerprint density at radius 1 is 1.50 bits per heavy atom. The fraction of sp³-hybridized carbons (Fsp3) is 0.700. The van der Waals surface area contributed by atoms with Crippen LogP contribution < -0.4 is 5.32 Å². The van der Waals surface area contributed by atoms with Crippen LogP contribution in [0, 0.1) is 0 Å². The Bertz CT molecular complexity index is 352. The molecular weight excluding hydrogens is 224 g/mol. The van der Waals surface area contributed by atoms with Gasteiger partial charge in [-0.3, -0.25) is 4.79 Å². The van der Waals surface area contributed by atoms with Crippen LogP contribution in [0.15, 0.2) is 0 Å². The maximum Gasteiger partial charge on any atom is 0.285 e. The second-order valence-electron chi connectivity index (χ2n) is 3.51. The van der Waals surface area contributed by atoms with Crippen molar-refractivity contribution in [1.82, 2.24) is 15.1 Å². The van der Waals surface area contributed by atoms with Gasteiger partial charge in [-0.2, -0.15) is 0 Å². The lowest BCUT2D eigenvalue weighted by Gasteiger charge is -2.25. The summed E-state index contributed by atoms with van der Waals surface area (Å²) in [7, 11) is 1.76. The van der Waals surface area contributed by atoms with Crippen molar-refractivity contribution in [2.75, 3.05) is 18.9 Å². The van der Waals surface area contributed by atoms with Gasteiger partial charge in [0.2, 0.25) is 10.1 Å². The van der Waals surface area contributed by atoms with Crippen LogP contribution in [-0.2, 0) is 0 Å². The molecule has 16 heavy (non-hydrogen) atoms. The highest BCUT2D eigenvalue weighted by molar-refractivity contribution is 7.17. The van der Waals surface area contributed by atoms with Crippen LogP contribution in [0.2, 0.25) is 0 Å². The van der Waals surface area contributed by atoms with Crippen LogP contribution in [0.3, 0.4) is 0 Å². The van der Waals surface area contributed by atoms with Gasteiger partial charge in [0.25, 0.3) is 5.91 Å². The first-order valence-electron chi connectivity index (χ1n) is 5.46. The molecule has 1 aromatic rings. The smallest absolute Gasteiger partial charge is 0.285 e. The predicted molar refractivity (Wildman–Crippen MR) is 65.9 cm³/mol. The van der Waals surface area contributed by atoms with E-state index >= 15 is 0 Å². The SMILES string of the molecule is CCC(C)N(CC)C(=O)c1nnc(NC)s1. The number of carbonyl (C=O) groups is 1. The lowest BCUT2D eigenvalue weighted by molar-refractivity contribution is 0.0698. The van der Waals surface area contributed by atoms with Crippen LogP contribution in [0.25, 0.3) is 0 Å². The molecule has 0 spiro atoms. The van der Waals surface area contributed by atoms with E-state index in [0.717, 1.165) is 6.42 Å². The quantitative estimate of drug-likeness (QED) is 0.856. The van der Waals surface area contributed by atoms with E-state index in [4.69, 9.17) is 0 Å². The number of aromatic nitrogens is 2. The molecule has 5 nitrogen and oxygen atoms in total. The molecule has 1 rings (SSSR count). The Hall–Kier alpha value is -1.17. The zero-order valence-corrected chi connectivity index (χ0v) is 11.0. The van der Waals surface area contributed by atoms with E-state index in [2.05, 4.69) is 22.4 Å². The Balaban J connectivity index is 2.82. The molecule has 1 heterocycles. The summed E-state index contributed by atoms with van der Waals surface area (Å²) in [5.41, 5.74) is 0. The van der Waals surface area contributed by atoms with Crippen molar-refractivity contribution in [2.45, 2.75) is 33.2 Å². The third kappa shape index (κ3) is 2.69. The van der Waals surface area contributed by atoms with Gasteiger partial charge in [-0.1, -0.05) is 18.3 Å². The first-order chi connectivity index (χ1) is 7.63. The second kappa shape index (κ2) is 5.79. The van der Waals surface area contributed by atoms with Crippen molar-refractivity contribution in [1.29, 1.82) is 0 Å². The van der Waals surface area contributed by atoms with Crippen LogP contribution in [-0.4, -0.2) is 40.6 Å². The van der Waals surface area contributed by atoms with Gasteiger partial charge >= 0.3 is 0 Å². The minimum absolute atomic E-state index is 0.0316.